The van der Waals surface area contributed by atoms with E-state index >= 15 is 0 Å². The molecule has 0 saturated carbocycles. The summed E-state index contributed by atoms with van der Waals surface area (Å²) in [6.07, 6.45) is 1.68. The number of amides is 1. The number of anilines is 2. The summed E-state index contributed by atoms with van der Waals surface area (Å²) in [6.45, 7) is 4.26. The van der Waals surface area contributed by atoms with Crippen LogP contribution in [-0.2, 0) is 4.79 Å². The molecular formula is C17H17BrN2O2. The van der Waals surface area contributed by atoms with Crippen molar-refractivity contribution in [3.05, 3.63) is 65.7 Å². The molecule has 2 aromatic rings. The number of hydrogen-bond donors (Lipinski definition) is 2. The molecule has 0 radical (unpaired) electrons. The molecule has 22 heavy (non-hydrogen) atoms. The predicted octanol–water partition coefficient (Wildman–Crippen LogP) is 4.06. The van der Waals surface area contributed by atoms with E-state index in [1.807, 2.05) is 24.3 Å². The maximum Gasteiger partial charge on any atom is 0.243 e. The molecule has 5 heteroatoms. The van der Waals surface area contributed by atoms with E-state index in [1.165, 1.54) is 0 Å². The lowest BCUT2D eigenvalue weighted by atomic mass is 10.3. The average molecular weight is 361 g/mol. The van der Waals surface area contributed by atoms with Crippen LogP contribution in [0.4, 0.5) is 11.4 Å². The van der Waals surface area contributed by atoms with Gasteiger partial charge in [0.15, 0.2) is 0 Å². The maximum absolute atomic E-state index is 11.9. The Kier molecular flexibility index (Phi) is 6.03. The predicted molar refractivity (Wildman–Crippen MR) is 93.4 cm³/mol. The molecule has 114 valence electrons. The fourth-order valence-corrected chi connectivity index (χ4v) is 2.01. The first-order valence-corrected chi connectivity index (χ1v) is 7.60. The van der Waals surface area contributed by atoms with Crippen LogP contribution in [0, 0.1) is 0 Å². The van der Waals surface area contributed by atoms with Crippen molar-refractivity contribution in [1.29, 1.82) is 0 Å². The van der Waals surface area contributed by atoms with Crippen LogP contribution in [-0.4, -0.2) is 19.1 Å². The van der Waals surface area contributed by atoms with Crippen molar-refractivity contribution in [2.24, 2.45) is 0 Å². The minimum Gasteiger partial charge on any atom is -0.490 e. The third-order valence-corrected chi connectivity index (χ3v) is 3.33. The van der Waals surface area contributed by atoms with E-state index in [0.29, 0.717) is 6.61 Å². The summed E-state index contributed by atoms with van der Waals surface area (Å²) in [5.74, 6) is 0.633. The number of halogens is 1. The van der Waals surface area contributed by atoms with Crippen LogP contribution in [0.1, 0.15) is 0 Å². The molecule has 0 bridgehead atoms. The SMILES string of the molecule is C=CCOc1ccc(NC(=O)CNc2ccc(Br)cc2)cc1. The van der Waals surface area contributed by atoms with Gasteiger partial charge in [-0.25, -0.2) is 0 Å². The molecule has 0 aliphatic carbocycles. The molecule has 0 aliphatic rings. The maximum atomic E-state index is 11.9. The van der Waals surface area contributed by atoms with Crippen molar-refractivity contribution in [2.75, 3.05) is 23.8 Å². The van der Waals surface area contributed by atoms with Gasteiger partial charge in [0.2, 0.25) is 5.91 Å². The van der Waals surface area contributed by atoms with Gasteiger partial charge in [-0.05, 0) is 48.5 Å². The Morgan fingerprint density at radius 1 is 1.09 bits per heavy atom. The van der Waals surface area contributed by atoms with Crippen molar-refractivity contribution in [3.63, 3.8) is 0 Å². The highest BCUT2D eigenvalue weighted by Crippen LogP contribution is 2.16. The zero-order valence-electron chi connectivity index (χ0n) is 12.0. The molecule has 2 aromatic carbocycles. The molecule has 0 aromatic heterocycles. The monoisotopic (exact) mass is 360 g/mol. The van der Waals surface area contributed by atoms with Gasteiger partial charge in [0, 0.05) is 15.8 Å². The standard InChI is InChI=1S/C17H17BrN2O2/c1-2-11-22-16-9-7-15(8-10-16)20-17(21)12-19-14-5-3-13(18)4-6-14/h2-10,19H,1,11-12H2,(H,20,21). The van der Waals surface area contributed by atoms with E-state index in [0.717, 1.165) is 21.6 Å². The Morgan fingerprint density at radius 2 is 1.73 bits per heavy atom. The van der Waals surface area contributed by atoms with Gasteiger partial charge in [-0.15, -0.1) is 0 Å². The van der Waals surface area contributed by atoms with Crippen molar-refractivity contribution >= 4 is 33.2 Å². The van der Waals surface area contributed by atoms with Crippen LogP contribution in [0.5, 0.6) is 5.75 Å². The van der Waals surface area contributed by atoms with E-state index in [-0.39, 0.29) is 12.5 Å². The molecule has 0 atom stereocenters. The summed E-state index contributed by atoms with van der Waals surface area (Å²) in [6, 6.07) is 14.9. The lowest BCUT2D eigenvalue weighted by Gasteiger charge is -2.09. The summed E-state index contributed by atoms with van der Waals surface area (Å²) < 4.78 is 6.38. The van der Waals surface area contributed by atoms with E-state index in [1.54, 1.807) is 30.3 Å². The van der Waals surface area contributed by atoms with Gasteiger partial charge in [-0.2, -0.15) is 0 Å². The van der Waals surface area contributed by atoms with Crippen LogP contribution in [0.15, 0.2) is 65.7 Å². The van der Waals surface area contributed by atoms with Gasteiger partial charge in [-0.3, -0.25) is 4.79 Å². The number of carbonyl (C=O) groups excluding carboxylic acids is 1. The lowest BCUT2D eigenvalue weighted by molar-refractivity contribution is -0.114. The molecule has 1 amide bonds. The molecule has 0 fully saturated rings. The third-order valence-electron chi connectivity index (χ3n) is 2.80. The van der Waals surface area contributed by atoms with Crippen molar-refractivity contribution in [2.45, 2.75) is 0 Å². The first-order chi connectivity index (χ1) is 10.7. The highest BCUT2D eigenvalue weighted by molar-refractivity contribution is 9.10. The smallest absolute Gasteiger partial charge is 0.243 e. The quantitative estimate of drug-likeness (QED) is 0.731. The zero-order chi connectivity index (χ0) is 15.8. The Hall–Kier alpha value is -2.27. The fourth-order valence-electron chi connectivity index (χ4n) is 1.74. The molecule has 0 spiro atoms. The summed E-state index contributed by atoms with van der Waals surface area (Å²) in [7, 11) is 0. The van der Waals surface area contributed by atoms with Crippen LogP contribution in [0.25, 0.3) is 0 Å². The van der Waals surface area contributed by atoms with Crippen LogP contribution >= 0.6 is 15.9 Å². The molecule has 0 unspecified atom stereocenters. The van der Waals surface area contributed by atoms with Gasteiger partial charge in [0.25, 0.3) is 0 Å². The van der Waals surface area contributed by atoms with Crippen LogP contribution < -0.4 is 15.4 Å². The number of ether oxygens (including phenoxy) is 1. The van der Waals surface area contributed by atoms with Crippen LogP contribution in [0.3, 0.4) is 0 Å². The fraction of sp³-hybridized carbons (Fsp3) is 0.118. The molecule has 0 saturated heterocycles. The van der Waals surface area contributed by atoms with Crippen molar-refractivity contribution in [3.8, 4) is 5.75 Å². The normalized spacial score (nSPS) is 9.86. The van der Waals surface area contributed by atoms with Gasteiger partial charge in [0.1, 0.15) is 12.4 Å². The largest absolute Gasteiger partial charge is 0.490 e. The Labute approximate surface area is 138 Å². The molecule has 4 nitrogen and oxygen atoms in total. The summed E-state index contributed by atoms with van der Waals surface area (Å²) >= 11 is 3.37. The second-order valence-electron chi connectivity index (χ2n) is 4.53. The first-order valence-electron chi connectivity index (χ1n) is 6.80. The van der Waals surface area contributed by atoms with E-state index < -0.39 is 0 Å². The number of rotatable bonds is 7. The molecule has 2 N–H and O–H groups in total. The number of carbonyl (C=O) groups is 1. The Balaban J connectivity index is 1.81. The topological polar surface area (TPSA) is 50.4 Å². The van der Waals surface area contributed by atoms with E-state index in [9.17, 15) is 4.79 Å². The number of benzene rings is 2. The zero-order valence-corrected chi connectivity index (χ0v) is 13.6. The van der Waals surface area contributed by atoms with Gasteiger partial charge >= 0.3 is 0 Å². The average Bonchev–Trinajstić information content (AvgIpc) is 2.54. The van der Waals surface area contributed by atoms with Gasteiger partial charge in [-0.1, -0.05) is 28.6 Å². The molecular weight excluding hydrogens is 344 g/mol. The van der Waals surface area contributed by atoms with Crippen molar-refractivity contribution < 1.29 is 9.53 Å². The molecule has 0 aliphatic heterocycles. The van der Waals surface area contributed by atoms with Crippen molar-refractivity contribution in [1.82, 2.24) is 0 Å². The molecule has 0 heterocycles. The minimum atomic E-state index is -0.109. The lowest BCUT2D eigenvalue weighted by Crippen LogP contribution is -2.21. The highest BCUT2D eigenvalue weighted by Gasteiger charge is 2.02. The second kappa shape index (κ2) is 8.24. The Morgan fingerprint density at radius 3 is 2.36 bits per heavy atom. The van der Waals surface area contributed by atoms with E-state index in [4.69, 9.17) is 4.74 Å². The third kappa shape index (κ3) is 5.26. The summed E-state index contributed by atoms with van der Waals surface area (Å²) in [5, 5.41) is 5.88. The first kappa shape index (κ1) is 16.1. The number of hydrogen-bond acceptors (Lipinski definition) is 3. The van der Waals surface area contributed by atoms with E-state index in [2.05, 4.69) is 33.1 Å². The summed E-state index contributed by atoms with van der Waals surface area (Å²) in [5.41, 5.74) is 1.63. The Bertz CT molecular complexity index is 624. The second-order valence-corrected chi connectivity index (χ2v) is 5.45. The number of nitrogens with one attached hydrogen (secondary N) is 2. The van der Waals surface area contributed by atoms with Crippen LogP contribution in [0.2, 0.25) is 0 Å². The molecule has 2 rings (SSSR count). The summed E-state index contributed by atoms with van der Waals surface area (Å²) in [4.78, 5) is 11.9. The highest BCUT2D eigenvalue weighted by atomic mass is 79.9. The van der Waals surface area contributed by atoms with Gasteiger partial charge < -0.3 is 15.4 Å². The van der Waals surface area contributed by atoms with Gasteiger partial charge in [0.05, 0.1) is 6.54 Å². The minimum absolute atomic E-state index is 0.109.